The third-order valence-electron chi connectivity index (χ3n) is 9.85. The van der Waals surface area contributed by atoms with E-state index in [9.17, 15) is 15.3 Å². The number of aliphatic hydroxyl groups is 3. The maximum absolute atomic E-state index is 10.7. The Morgan fingerprint density at radius 1 is 1.03 bits per heavy atom. The summed E-state index contributed by atoms with van der Waals surface area (Å²) in [7, 11) is 0. The van der Waals surface area contributed by atoms with Gasteiger partial charge in [0.2, 0.25) is 0 Å². The first-order chi connectivity index (χ1) is 14.0. The first kappa shape index (κ1) is 22.6. The molecule has 0 saturated heterocycles. The molecule has 0 aliphatic heterocycles. The molecule has 0 radical (unpaired) electrons. The minimum absolute atomic E-state index is 0.0144. The van der Waals surface area contributed by atoms with Crippen molar-refractivity contribution in [1.82, 2.24) is 0 Å². The van der Waals surface area contributed by atoms with Crippen LogP contribution in [-0.2, 0) is 0 Å². The van der Waals surface area contributed by atoms with Gasteiger partial charge in [0.25, 0.3) is 0 Å². The summed E-state index contributed by atoms with van der Waals surface area (Å²) in [5.41, 5.74) is 2.56. The van der Waals surface area contributed by atoms with Crippen molar-refractivity contribution in [3.63, 3.8) is 0 Å². The summed E-state index contributed by atoms with van der Waals surface area (Å²) in [6.07, 6.45) is 13.2. The van der Waals surface area contributed by atoms with Crippen molar-refractivity contribution in [3.8, 4) is 0 Å². The molecule has 4 aliphatic rings. The quantitative estimate of drug-likeness (QED) is 0.563. The molecule has 170 valence electrons. The van der Waals surface area contributed by atoms with Crippen LogP contribution in [0.15, 0.2) is 23.3 Å². The fourth-order valence-electron chi connectivity index (χ4n) is 8.09. The maximum Gasteiger partial charge on any atom is 0.102 e. The van der Waals surface area contributed by atoms with Gasteiger partial charge in [0.1, 0.15) is 6.10 Å². The second-order valence-electron chi connectivity index (χ2n) is 12.3. The summed E-state index contributed by atoms with van der Waals surface area (Å²) in [6, 6.07) is 0. The van der Waals surface area contributed by atoms with E-state index in [1.165, 1.54) is 32.1 Å². The van der Waals surface area contributed by atoms with E-state index in [2.05, 4.69) is 32.9 Å². The maximum atomic E-state index is 10.7. The van der Waals surface area contributed by atoms with Crippen LogP contribution >= 0.6 is 0 Å². The summed E-state index contributed by atoms with van der Waals surface area (Å²) in [5, 5.41) is 30.9. The van der Waals surface area contributed by atoms with Gasteiger partial charge in [0.15, 0.2) is 0 Å². The third kappa shape index (κ3) is 3.63. The minimum Gasteiger partial charge on any atom is -0.390 e. The molecule has 30 heavy (non-hydrogen) atoms. The highest BCUT2D eigenvalue weighted by atomic mass is 16.3. The Morgan fingerprint density at radius 2 is 1.77 bits per heavy atom. The van der Waals surface area contributed by atoms with E-state index in [4.69, 9.17) is 0 Å². The van der Waals surface area contributed by atoms with Gasteiger partial charge in [-0.1, -0.05) is 51.3 Å². The Morgan fingerprint density at radius 3 is 2.47 bits per heavy atom. The smallest absolute Gasteiger partial charge is 0.102 e. The zero-order valence-corrected chi connectivity index (χ0v) is 19.8. The van der Waals surface area contributed by atoms with Crippen LogP contribution in [0.5, 0.6) is 0 Å². The van der Waals surface area contributed by atoms with E-state index in [0.717, 1.165) is 30.8 Å². The topological polar surface area (TPSA) is 60.7 Å². The van der Waals surface area contributed by atoms with E-state index in [1.807, 2.05) is 13.8 Å². The monoisotopic (exact) mass is 416 g/mol. The number of fused-ring (bicyclic) bond motifs is 5. The second kappa shape index (κ2) is 7.74. The molecule has 3 saturated carbocycles. The van der Waals surface area contributed by atoms with Crippen LogP contribution in [0.3, 0.4) is 0 Å². The molecule has 3 fully saturated rings. The molecule has 3 nitrogen and oxygen atoms in total. The summed E-state index contributed by atoms with van der Waals surface area (Å²) < 4.78 is 0. The van der Waals surface area contributed by atoms with Crippen molar-refractivity contribution in [3.05, 3.63) is 23.3 Å². The normalized spacial score (nSPS) is 44.5. The van der Waals surface area contributed by atoms with Gasteiger partial charge >= 0.3 is 0 Å². The van der Waals surface area contributed by atoms with Gasteiger partial charge in [-0.05, 0) is 98.9 Å². The summed E-state index contributed by atoms with van der Waals surface area (Å²) in [4.78, 5) is 0. The van der Waals surface area contributed by atoms with Crippen molar-refractivity contribution in [1.29, 1.82) is 0 Å². The lowest BCUT2D eigenvalue weighted by molar-refractivity contribution is -0.0284. The number of hydrogen-bond acceptors (Lipinski definition) is 3. The molecule has 0 amide bonds. The number of allylic oxidation sites excluding steroid dienone is 3. The lowest BCUT2D eigenvalue weighted by Gasteiger charge is -2.56. The predicted molar refractivity (Wildman–Crippen MR) is 122 cm³/mol. The molecule has 4 aliphatic carbocycles. The molecule has 0 spiro atoms. The van der Waals surface area contributed by atoms with Crippen molar-refractivity contribution < 1.29 is 15.3 Å². The van der Waals surface area contributed by atoms with Gasteiger partial charge < -0.3 is 15.3 Å². The van der Waals surface area contributed by atoms with Gasteiger partial charge in [-0.15, -0.1) is 0 Å². The van der Waals surface area contributed by atoms with Gasteiger partial charge in [-0.3, -0.25) is 0 Å². The molecule has 3 heteroatoms. The molecule has 0 aromatic rings. The van der Waals surface area contributed by atoms with Gasteiger partial charge in [-0.25, -0.2) is 0 Å². The van der Waals surface area contributed by atoms with Gasteiger partial charge in [0.05, 0.1) is 11.7 Å². The minimum atomic E-state index is -0.693. The Bertz CT molecular complexity index is 716. The molecule has 0 bridgehead atoms. The molecule has 0 heterocycles. The fourth-order valence-corrected chi connectivity index (χ4v) is 8.09. The zero-order valence-electron chi connectivity index (χ0n) is 19.8. The predicted octanol–water partition coefficient (Wildman–Crippen LogP) is 5.39. The van der Waals surface area contributed by atoms with Crippen molar-refractivity contribution in [2.45, 2.75) is 110 Å². The molecule has 8 atom stereocenters. The summed E-state index contributed by atoms with van der Waals surface area (Å²) in [6.45, 7) is 11.2. The van der Waals surface area contributed by atoms with Crippen molar-refractivity contribution in [2.24, 2.45) is 34.5 Å². The molecule has 0 aromatic heterocycles. The first-order valence-corrected chi connectivity index (χ1v) is 12.5. The highest BCUT2D eigenvalue weighted by Gasteiger charge is 2.57. The number of hydrogen-bond donors (Lipinski definition) is 3. The zero-order chi connectivity index (χ0) is 21.9. The van der Waals surface area contributed by atoms with E-state index in [-0.39, 0.29) is 5.41 Å². The van der Waals surface area contributed by atoms with E-state index in [0.29, 0.717) is 29.6 Å². The van der Waals surface area contributed by atoms with Crippen molar-refractivity contribution >= 4 is 0 Å². The average molecular weight is 417 g/mol. The first-order valence-electron chi connectivity index (χ1n) is 12.5. The molecule has 4 rings (SSSR count). The molecule has 0 aromatic carbocycles. The molecular formula is C27H44O3. The fraction of sp³-hybridized carbons (Fsp3) is 0.852. The van der Waals surface area contributed by atoms with Crippen LogP contribution < -0.4 is 0 Å². The third-order valence-corrected chi connectivity index (χ3v) is 9.85. The van der Waals surface area contributed by atoms with Crippen LogP contribution in [0.2, 0.25) is 0 Å². The SMILES string of the molecule is C[C@H](CCCC(C)(C)O)[C@H]1CC[C@H]2C3=CC=C4[C@H](O)[C@@H](O)CC[C@]4(C)[C@H]3CC[C@]12C. The van der Waals surface area contributed by atoms with Crippen LogP contribution in [0.1, 0.15) is 92.4 Å². The highest BCUT2D eigenvalue weighted by molar-refractivity contribution is 5.40. The lowest BCUT2D eigenvalue weighted by Crippen LogP contribution is -2.50. The lowest BCUT2D eigenvalue weighted by atomic mass is 9.49. The van der Waals surface area contributed by atoms with Crippen LogP contribution in [0.4, 0.5) is 0 Å². The number of aliphatic hydroxyl groups excluding tert-OH is 2. The van der Waals surface area contributed by atoms with Crippen LogP contribution in [0, 0.1) is 34.5 Å². The summed E-state index contributed by atoms with van der Waals surface area (Å²) in [5.74, 6) is 2.66. The summed E-state index contributed by atoms with van der Waals surface area (Å²) >= 11 is 0. The average Bonchev–Trinajstić information content (AvgIpc) is 3.01. The Balaban J connectivity index is 1.53. The van der Waals surface area contributed by atoms with E-state index < -0.39 is 17.8 Å². The Kier molecular flexibility index (Phi) is 5.82. The Labute approximate surface area is 183 Å². The molecule has 0 unspecified atom stereocenters. The largest absolute Gasteiger partial charge is 0.390 e. The van der Waals surface area contributed by atoms with E-state index >= 15 is 0 Å². The standard InChI is InChI=1S/C27H44O3/c1-17(7-6-14-25(2,3)30)19-10-11-20-18-8-9-22-24(29)23(28)13-16-27(22,5)21(18)12-15-26(19,20)4/h8-9,17,19-21,23-24,28-30H,6-7,10-16H2,1-5H3/t17-,19-,20+,21+,23+,24+,26-,27-/m1/s1. The molecular weight excluding hydrogens is 372 g/mol. The highest BCUT2D eigenvalue weighted by Crippen LogP contribution is 2.66. The Hall–Kier alpha value is -0.640. The second-order valence-corrected chi connectivity index (χ2v) is 12.3. The van der Waals surface area contributed by atoms with Gasteiger partial charge in [0, 0.05) is 0 Å². The van der Waals surface area contributed by atoms with Gasteiger partial charge in [-0.2, -0.15) is 0 Å². The van der Waals surface area contributed by atoms with Crippen molar-refractivity contribution in [2.75, 3.05) is 0 Å². The number of rotatable bonds is 5. The molecule has 3 N–H and O–H groups in total. The van der Waals surface area contributed by atoms with E-state index in [1.54, 1.807) is 5.57 Å². The van der Waals surface area contributed by atoms with Crippen LogP contribution in [-0.4, -0.2) is 33.1 Å². The van der Waals surface area contributed by atoms with Crippen LogP contribution in [0.25, 0.3) is 0 Å².